The van der Waals surface area contributed by atoms with E-state index in [-0.39, 0.29) is 51.3 Å². The number of likely N-dealkylation sites (N-methyl/N-ethyl adjacent to an activating group) is 1. The van der Waals surface area contributed by atoms with Gasteiger partial charge in [0.15, 0.2) is 0 Å². The second kappa shape index (κ2) is 12.2. The van der Waals surface area contributed by atoms with E-state index in [4.69, 9.17) is 4.74 Å². The van der Waals surface area contributed by atoms with Gasteiger partial charge in [-0.25, -0.2) is 0 Å². The van der Waals surface area contributed by atoms with Gasteiger partial charge < -0.3 is 40.9 Å². The molecule has 2 fully saturated rings. The summed E-state index contributed by atoms with van der Waals surface area (Å²) in [5.41, 5.74) is 0. The fraction of sp³-hybridized carbons (Fsp3) is 0.900. The number of hydrogen-bond donors (Lipinski definition) is 7. The maximum atomic E-state index is 11.3. The van der Waals surface area contributed by atoms with Gasteiger partial charge in [0.25, 0.3) is 0 Å². The zero-order valence-electron chi connectivity index (χ0n) is 18.9. The summed E-state index contributed by atoms with van der Waals surface area (Å²) in [6, 6.07) is -2.22. The first-order chi connectivity index (χ1) is 15.2. The molecule has 32 heavy (non-hydrogen) atoms. The third-order valence-corrected chi connectivity index (χ3v) is 6.47. The molecule has 0 aliphatic carbocycles. The fourth-order valence-corrected chi connectivity index (χ4v) is 4.87. The van der Waals surface area contributed by atoms with Crippen LogP contribution in [0.4, 0.5) is 0 Å². The van der Waals surface area contributed by atoms with Crippen molar-refractivity contribution in [1.29, 1.82) is 0 Å². The molecule has 2 amide bonds. The summed E-state index contributed by atoms with van der Waals surface area (Å²) in [5.74, 6) is -0.496. The summed E-state index contributed by atoms with van der Waals surface area (Å²) >= 11 is 0. The Kier molecular flexibility index (Phi) is 10.2. The number of carbonyl (C=O) groups is 2. The number of rotatable bonds is 11. The Morgan fingerprint density at radius 2 is 1.31 bits per heavy atom. The lowest BCUT2D eigenvalue weighted by molar-refractivity contribution is -0.120. The number of ether oxygens (including phenoxy) is 1. The van der Waals surface area contributed by atoms with Gasteiger partial charge in [-0.2, -0.15) is 0 Å². The Morgan fingerprint density at radius 1 is 0.812 bits per heavy atom. The Hall–Kier alpha value is -1.38. The van der Waals surface area contributed by atoms with Crippen LogP contribution >= 0.6 is 0 Å². The van der Waals surface area contributed by atoms with Crippen molar-refractivity contribution in [2.45, 2.75) is 69.4 Å². The first kappa shape index (κ1) is 26.9. The molecule has 7 N–H and O–H groups in total. The summed E-state index contributed by atoms with van der Waals surface area (Å²) in [5, 5.41) is 56.4. The van der Waals surface area contributed by atoms with E-state index in [1.807, 2.05) is 11.8 Å². The lowest BCUT2D eigenvalue weighted by atomic mass is 10.1. The van der Waals surface area contributed by atoms with E-state index in [1.165, 1.54) is 13.8 Å². The van der Waals surface area contributed by atoms with Gasteiger partial charge in [-0.3, -0.25) is 19.4 Å². The normalized spacial score (nSPS) is 35.9. The standard InChI is InChI=1S/C20H38N4O8/c1-4-23-14(8-22-12(3)28)19(31)20(16(23)10-26)32-6-5-24-13(7-21-11(2)27)17(29)18(30)15(24)9-25/h13-20,25-26,29-31H,4-10H2,1-3H3,(H,21,27)(H,22,28)/t13-,14-,15-,16-,17-,18-,19-,20-/m1/s1. The lowest BCUT2D eigenvalue weighted by Crippen LogP contribution is -2.49. The molecule has 2 aliphatic rings. The first-order valence-corrected chi connectivity index (χ1v) is 11.1. The van der Waals surface area contributed by atoms with Gasteiger partial charge in [-0.15, -0.1) is 0 Å². The fourth-order valence-electron chi connectivity index (χ4n) is 4.87. The summed E-state index contributed by atoms with van der Waals surface area (Å²) in [6.45, 7) is 5.18. The van der Waals surface area contributed by atoms with Crippen molar-refractivity contribution in [2.24, 2.45) is 0 Å². The Balaban J connectivity index is 2.04. The summed E-state index contributed by atoms with van der Waals surface area (Å²) in [4.78, 5) is 26.2. The molecule has 2 saturated heterocycles. The van der Waals surface area contributed by atoms with Crippen molar-refractivity contribution >= 4 is 11.8 Å². The number of aliphatic hydroxyl groups is 5. The molecule has 0 aromatic rings. The van der Waals surface area contributed by atoms with Crippen LogP contribution in [0.3, 0.4) is 0 Å². The number of nitrogens with one attached hydrogen (secondary N) is 2. The molecule has 2 aliphatic heterocycles. The summed E-state index contributed by atoms with van der Waals surface area (Å²) in [7, 11) is 0. The van der Waals surface area contributed by atoms with Crippen LogP contribution < -0.4 is 10.6 Å². The highest BCUT2D eigenvalue weighted by molar-refractivity contribution is 5.73. The minimum Gasteiger partial charge on any atom is -0.395 e. The van der Waals surface area contributed by atoms with Gasteiger partial charge >= 0.3 is 0 Å². The van der Waals surface area contributed by atoms with E-state index in [2.05, 4.69) is 10.6 Å². The Bertz CT molecular complexity index is 626. The maximum Gasteiger partial charge on any atom is 0.216 e. The van der Waals surface area contributed by atoms with Crippen LogP contribution in [0.2, 0.25) is 0 Å². The molecule has 0 radical (unpaired) electrons. The Labute approximate surface area is 188 Å². The first-order valence-electron chi connectivity index (χ1n) is 11.1. The molecule has 2 heterocycles. The summed E-state index contributed by atoms with van der Waals surface area (Å²) < 4.78 is 5.95. The van der Waals surface area contributed by atoms with Gasteiger partial charge in [0, 0.05) is 33.5 Å². The molecule has 2 rings (SSSR count). The largest absolute Gasteiger partial charge is 0.395 e. The number of carbonyl (C=O) groups excluding carboxylic acids is 2. The zero-order chi connectivity index (χ0) is 24.0. The lowest BCUT2D eigenvalue weighted by Gasteiger charge is -2.31. The minimum absolute atomic E-state index is 0.0924. The number of nitrogens with zero attached hydrogens (tertiary/aromatic N) is 2. The van der Waals surface area contributed by atoms with Crippen LogP contribution in [0.15, 0.2) is 0 Å². The van der Waals surface area contributed by atoms with Gasteiger partial charge in [-0.1, -0.05) is 6.92 Å². The predicted molar refractivity (Wildman–Crippen MR) is 114 cm³/mol. The highest BCUT2D eigenvalue weighted by Gasteiger charge is 2.49. The smallest absolute Gasteiger partial charge is 0.216 e. The predicted octanol–water partition coefficient (Wildman–Crippen LogP) is -4.16. The molecule has 0 unspecified atom stereocenters. The van der Waals surface area contributed by atoms with Crippen LogP contribution in [0.1, 0.15) is 20.8 Å². The van der Waals surface area contributed by atoms with Gasteiger partial charge in [0.1, 0.15) is 6.10 Å². The molecule has 0 bridgehead atoms. The average molecular weight is 463 g/mol. The molecule has 0 aromatic carbocycles. The number of aliphatic hydroxyl groups excluding tert-OH is 5. The van der Waals surface area contributed by atoms with Crippen molar-refractivity contribution in [1.82, 2.24) is 20.4 Å². The molecular weight excluding hydrogens is 424 g/mol. The third-order valence-electron chi connectivity index (χ3n) is 6.47. The van der Waals surface area contributed by atoms with E-state index in [0.29, 0.717) is 6.54 Å². The van der Waals surface area contributed by atoms with E-state index in [0.717, 1.165) is 0 Å². The highest BCUT2D eigenvalue weighted by atomic mass is 16.5. The van der Waals surface area contributed by atoms with Crippen molar-refractivity contribution in [3.8, 4) is 0 Å². The minimum atomic E-state index is -1.18. The van der Waals surface area contributed by atoms with Crippen LogP contribution in [0.5, 0.6) is 0 Å². The quantitative estimate of drug-likeness (QED) is 0.160. The van der Waals surface area contributed by atoms with Crippen LogP contribution in [0.25, 0.3) is 0 Å². The SMILES string of the molecule is CCN1[C@H](CNC(C)=O)[C@@H](O)[C@H](OCCN2[C@H](CO)[C@@H](O)[C@H](O)[C@H]2CNC(C)=O)[C@H]1CO. The van der Waals surface area contributed by atoms with Gasteiger partial charge in [0.2, 0.25) is 11.8 Å². The summed E-state index contributed by atoms with van der Waals surface area (Å²) in [6.07, 6.45) is -3.99. The van der Waals surface area contributed by atoms with Gasteiger partial charge in [0.05, 0.1) is 62.3 Å². The van der Waals surface area contributed by atoms with Crippen LogP contribution in [0, 0.1) is 0 Å². The number of likely N-dealkylation sites (tertiary alicyclic amines) is 2. The molecule has 12 heteroatoms. The van der Waals surface area contributed by atoms with E-state index in [9.17, 15) is 35.1 Å². The average Bonchev–Trinajstić information content (AvgIpc) is 3.14. The highest BCUT2D eigenvalue weighted by Crippen LogP contribution is 2.28. The Morgan fingerprint density at radius 3 is 1.78 bits per heavy atom. The molecular formula is C20H38N4O8. The van der Waals surface area contributed by atoms with E-state index in [1.54, 1.807) is 4.90 Å². The second-order valence-corrected chi connectivity index (χ2v) is 8.38. The van der Waals surface area contributed by atoms with Crippen LogP contribution in [-0.4, -0.2) is 142 Å². The third kappa shape index (κ3) is 5.94. The number of amides is 2. The van der Waals surface area contributed by atoms with Crippen molar-refractivity contribution in [3.05, 3.63) is 0 Å². The van der Waals surface area contributed by atoms with Crippen molar-refractivity contribution in [2.75, 3.05) is 46.0 Å². The maximum absolute atomic E-state index is 11.3. The topological polar surface area (TPSA) is 175 Å². The van der Waals surface area contributed by atoms with Gasteiger partial charge in [-0.05, 0) is 6.54 Å². The molecule has 186 valence electrons. The number of hydrogen-bond acceptors (Lipinski definition) is 10. The van der Waals surface area contributed by atoms with E-state index < -0.39 is 48.6 Å². The van der Waals surface area contributed by atoms with Crippen molar-refractivity contribution in [3.63, 3.8) is 0 Å². The zero-order valence-corrected chi connectivity index (χ0v) is 18.9. The monoisotopic (exact) mass is 462 g/mol. The molecule has 0 spiro atoms. The van der Waals surface area contributed by atoms with E-state index >= 15 is 0 Å². The molecule has 0 aromatic heterocycles. The van der Waals surface area contributed by atoms with Crippen LogP contribution in [-0.2, 0) is 14.3 Å². The second-order valence-electron chi connectivity index (χ2n) is 8.38. The molecule has 12 nitrogen and oxygen atoms in total. The molecule has 8 atom stereocenters. The van der Waals surface area contributed by atoms with Crippen molar-refractivity contribution < 1.29 is 39.9 Å². The molecule has 0 saturated carbocycles.